The van der Waals surface area contributed by atoms with E-state index in [-0.39, 0.29) is 6.61 Å². The lowest BCUT2D eigenvalue weighted by molar-refractivity contribution is 0.281. The predicted octanol–water partition coefficient (Wildman–Crippen LogP) is 8.16. The Bertz CT molecular complexity index is 1250. The Kier molecular flexibility index (Phi) is 7.40. The van der Waals surface area contributed by atoms with Gasteiger partial charge >= 0.3 is 0 Å². The summed E-state index contributed by atoms with van der Waals surface area (Å²) in [6, 6.07) is 14.9. The summed E-state index contributed by atoms with van der Waals surface area (Å²) in [6.07, 6.45) is 3.54. The molecule has 2 heterocycles. The molecule has 0 aliphatic heterocycles. The fourth-order valence-corrected chi connectivity index (χ4v) is 5.77. The van der Waals surface area contributed by atoms with Crippen LogP contribution in [0, 0.1) is 6.92 Å². The molecule has 0 bridgehead atoms. The number of hydrogen-bond donors (Lipinski definition) is 1. The lowest BCUT2D eigenvalue weighted by atomic mass is 10.0. The van der Waals surface area contributed by atoms with Gasteiger partial charge in [-0.1, -0.05) is 64.2 Å². The molecular formula is C24H18Cl4N2OS. The largest absolute Gasteiger partial charge is 0.392 e. The first-order chi connectivity index (χ1) is 15.4. The zero-order valence-electron chi connectivity index (χ0n) is 16.9. The molecule has 0 saturated carbocycles. The summed E-state index contributed by atoms with van der Waals surface area (Å²) in [6.45, 7) is 2.50. The van der Waals surface area contributed by atoms with Crippen molar-refractivity contribution in [1.29, 1.82) is 0 Å². The van der Waals surface area contributed by atoms with Crippen molar-refractivity contribution in [3.63, 3.8) is 0 Å². The van der Waals surface area contributed by atoms with Crippen molar-refractivity contribution in [2.24, 2.45) is 0 Å². The molecule has 3 nitrogen and oxygen atoms in total. The first-order valence-electron chi connectivity index (χ1n) is 9.68. The highest BCUT2D eigenvalue weighted by atomic mass is 35.5. The van der Waals surface area contributed by atoms with E-state index in [4.69, 9.17) is 46.4 Å². The van der Waals surface area contributed by atoms with Crippen LogP contribution in [0.1, 0.15) is 16.8 Å². The highest BCUT2D eigenvalue weighted by Crippen LogP contribution is 2.44. The number of nitrogens with zero attached hydrogens (tertiary/aromatic N) is 2. The van der Waals surface area contributed by atoms with Crippen molar-refractivity contribution in [1.82, 2.24) is 9.55 Å². The zero-order chi connectivity index (χ0) is 22.8. The van der Waals surface area contributed by atoms with Gasteiger partial charge in [0.05, 0.1) is 21.7 Å². The van der Waals surface area contributed by atoms with Crippen LogP contribution in [0.4, 0.5) is 0 Å². The van der Waals surface area contributed by atoms with Gasteiger partial charge in [0.1, 0.15) is 0 Å². The number of rotatable bonds is 6. The molecule has 0 amide bonds. The number of aliphatic hydroxyl groups excluding tert-OH is 1. The number of hydrogen-bond acceptors (Lipinski definition) is 3. The first-order valence-corrected chi connectivity index (χ1v) is 12.0. The van der Waals surface area contributed by atoms with E-state index in [1.165, 1.54) is 11.8 Å². The van der Waals surface area contributed by atoms with E-state index in [9.17, 15) is 5.11 Å². The monoisotopic (exact) mass is 522 g/mol. The molecule has 0 unspecified atom stereocenters. The molecule has 0 atom stereocenters. The van der Waals surface area contributed by atoms with Gasteiger partial charge in [0.25, 0.3) is 0 Å². The summed E-state index contributed by atoms with van der Waals surface area (Å²) in [7, 11) is 0. The quantitative estimate of drug-likeness (QED) is 0.277. The molecule has 164 valence electrons. The molecule has 1 N–H and O–H groups in total. The van der Waals surface area contributed by atoms with Crippen LogP contribution >= 0.6 is 58.2 Å². The van der Waals surface area contributed by atoms with Crippen molar-refractivity contribution in [2.45, 2.75) is 30.0 Å². The number of aliphatic hydroxyl groups is 1. The number of aromatic nitrogens is 2. The van der Waals surface area contributed by atoms with Crippen LogP contribution in [0.3, 0.4) is 0 Å². The van der Waals surface area contributed by atoms with Crippen LogP contribution in [-0.4, -0.2) is 14.7 Å². The fraction of sp³-hybridized carbons (Fsp3) is 0.125. The molecule has 0 aliphatic rings. The third-order valence-corrected chi connectivity index (χ3v) is 7.37. The van der Waals surface area contributed by atoms with Crippen molar-refractivity contribution in [3.05, 3.63) is 97.8 Å². The molecule has 0 aliphatic carbocycles. The summed E-state index contributed by atoms with van der Waals surface area (Å²) in [5.41, 5.74) is 4.65. The van der Waals surface area contributed by atoms with E-state index in [0.717, 1.165) is 37.9 Å². The minimum atomic E-state index is -0.116. The van der Waals surface area contributed by atoms with E-state index in [1.807, 2.05) is 43.3 Å². The second-order valence-electron chi connectivity index (χ2n) is 7.18. The van der Waals surface area contributed by atoms with Crippen molar-refractivity contribution in [3.8, 4) is 11.1 Å². The molecule has 2 aromatic heterocycles. The van der Waals surface area contributed by atoms with E-state index in [2.05, 4.69) is 9.55 Å². The first kappa shape index (κ1) is 23.5. The average molecular weight is 524 g/mol. The molecule has 0 saturated heterocycles. The minimum absolute atomic E-state index is 0.116. The maximum atomic E-state index is 10.3. The van der Waals surface area contributed by atoms with Crippen molar-refractivity contribution < 1.29 is 5.11 Å². The van der Waals surface area contributed by atoms with Crippen LogP contribution < -0.4 is 0 Å². The Hall–Kier alpha value is -1.66. The third-order valence-electron chi connectivity index (χ3n) is 5.11. The lowest BCUT2D eigenvalue weighted by Crippen LogP contribution is -2.04. The summed E-state index contributed by atoms with van der Waals surface area (Å²) in [5, 5.41) is 13.3. The van der Waals surface area contributed by atoms with Crippen LogP contribution in [0.15, 0.2) is 70.8 Å². The number of halogens is 4. The predicted molar refractivity (Wildman–Crippen MR) is 134 cm³/mol. The SMILES string of the molecule is Cc1c(CO)c(-c2ccc(Cl)c(Cl)c2)c(Sc2cc(Cl)cc(Cl)c2)n1Cc1ccncc1. The second-order valence-corrected chi connectivity index (χ2v) is 9.93. The maximum absolute atomic E-state index is 10.3. The smallest absolute Gasteiger partial charge is 0.0885 e. The van der Waals surface area contributed by atoms with Crippen LogP contribution in [0.25, 0.3) is 11.1 Å². The Morgan fingerprint density at radius 2 is 1.59 bits per heavy atom. The average Bonchev–Trinajstić information content (AvgIpc) is 3.01. The molecule has 0 fully saturated rings. The Morgan fingerprint density at radius 1 is 0.906 bits per heavy atom. The molecule has 2 aromatic carbocycles. The van der Waals surface area contributed by atoms with E-state index >= 15 is 0 Å². The molecule has 0 spiro atoms. The Morgan fingerprint density at radius 3 is 2.22 bits per heavy atom. The van der Waals surface area contributed by atoms with Gasteiger partial charge in [0.2, 0.25) is 0 Å². The number of pyridine rings is 1. The summed E-state index contributed by atoms with van der Waals surface area (Å²) in [5.74, 6) is 0. The summed E-state index contributed by atoms with van der Waals surface area (Å²) < 4.78 is 2.18. The van der Waals surface area contributed by atoms with Crippen LogP contribution in [-0.2, 0) is 13.2 Å². The van der Waals surface area contributed by atoms with Gasteiger partial charge in [-0.05, 0) is 60.5 Å². The molecular weight excluding hydrogens is 506 g/mol. The highest BCUT2D eigenvalue weighted by molar-refractivity contribution is 7.99. The van der Waals surface area contributed by atoms with Crippen molar-refractivity contribution >= 4 is 58.2 Å². The third kappa shape index (κ3) is 4.96. The molecule has 8 heteroatoms. The van der Waals surface area contributed by atoms with E-state index in [0.29, 0.717) is 26.6 Å². The van der Waals surface area contributed by atoms with E-state index in [1.54, 1.807) is 24.5 Å². The highest BCUT2D eigenvalue weighted by Gasteiger charge is 2.23. The Balaban J connectivity index is 1.94. The zero-order valence-corrected chi connectivity index (χ0v) is 20.8. The summed E-state index contributed by atoms with van der Waals surface area (Å²) >= 11 is 26.6. The minimum Gasteiger partial charge on any atom is -0.392 e. The van der Waals surface area contributed by atoms with Gasteiger partial charge in [0.15, 0.2) is 0 Å². The molecule has 0 radical (unpaired) electrons. The van der Waals surface area contributed by atoms with Crippen LogP contribution in [0.5, 0.6) is 0 Å². The topological polar surface area (TPSA) is 38.0 Å². The number of benzene rings is 2. The van der Waals surface area contributed by atoms with Gasteiger partial charge in [-0.3, -0.25) is 4.98 Å². The van der Waals surface area contributed by atoms with Crippen molar-refractivity contribution in [2.75, 3.05) is 0 Å². The molecule has 4 aromatic rings. The second kappa shape index (κ2) is 10.1. The van der Waals surface area contributed by atoms with E-state index < -0.39 is 0 Å². The van der Waals surface area contributed by atoms with Gasteiger partial charge in [-0.15, -0.1) is 0 Å². The van der Waals surface area contributed by atoms with Gasteiger partial charge in [0, 0.05) is 50.7 Å². The fourth-order valence-electron chi connectivity index (χ4n) is 3.57. The van der Waals surface area contributed by atoms with Crippen LogP contribution in [0.2, 0.25) is 20.1 Å². The summed E-state index contributed by atoms with van der Waals surface area (Å²) in [4.78, 5) is 5.00. The standard InChI is InChI=1S/C24H18Cl4N2OS/c1-14-20(13-31)23(16-2-3-21(27)22(28)8-16)24(30(14)12-15-4-6-29-7-5-15)32-19-10-17(25)9-18(26)11-19/h2-11,31H,12-13H2,1H3. The van der Waals surface area contributed by atoms with Gasteiger partial charge in [-0.2, -0.15) is 0 Å². The van der Waals surface area contributed by atoms with Gasteiger partial charge < -0.3 is 9.67 Å². The maximum Gasteiger partial charge on any atom is 0.0885 e. The Labute approximate surface area is 210 Å². The normalized spacial score (nSPS) is 11.2. The molecule has 32 heavy (non-hydrogen) atoms. The lowest BCUT2D eigenvalue weighted by Gasteiger charge is -2.14. The molecule has 4 rings (SSSR count). The van der Waals surface area contributed by atoms with Gasteiger partial charge in [-0.25, -0.2) is 0 Å².